The minimum absolute atomic E-state index is 0.0781. The fourth-order valence-corrected chi connectivity index (χ4v) is 9.92. The van der Waals surface area contributed by atoms with Crippen LogP contribution in [0, 0.1) is 0 Å². The zero-order valence-electron chi connectivity index (χ0n) is 21.6. The molecule has 39 heavy (non-hydrogen) atoms. The Labute approximate surface area is 242 Å². The van der Waals surface area contributed by atoms with Crippen LogP contribution in [0.4, 0.5) is 0 Å². The molecule has 3 heteroatoms. The largest absolute Gasteiger partial charge is 0.166 e. The first-order valence-corrected chi connectivity index (χ1v) is 16.5. The number of rotatable bonds is 8. The number of thioether (sulfide) groups is 1. The highest BCUT2D eigenvalue weighted by atomic mass is 32.2. The lowest BCUT2D eigenvalue weighted by atomic mass is 10.2. The van der Waals surface area contributed by atoms with E-state index in [2.05, 4.69) is 164 Å². The van der Waals surface area contributed by atoms with Crippen molar-refractivity contribution >= 4 is 33.6 Å². The molecule has 0 aromatic heterocycles. The van der Waals surface area contributed by atoms with Gasteiger partial charge < -0.3 is 0 Å². The lowest BCUT2D eigenvalue weighted by molar-refractivity contribution is 1.05. The van der Waals surface area contributed by atoms with E-state index < -0.39 is 0 Å². The minimum atomic E-state index is -0.108. The number of hydrogen-bond acceptors (Lipinski definition) is 1. The smallest absolute Gasteiger partial charge is 0.118 e. The van der Waals surface area contributed by atoms with Crippen molar-refractivity contribution in [3.63, 3.8) is 0 Å². The van der Waals surface area contributed by atoms with Crippen molar-refractivity contribution in [2.45, 2.75) is 41.0 Å². The molecule has 0 fully saturated rings. The second kappa shape index (κ2) is 12.7. The summed E-state index contributed by atoms with van der Waals surface area (Å²) in [5, 5.41) is 0.443. The summed E-state index contributed by atoms with van der Waals surface area (Å²) < 4.78 is 0. The molecule has 0 aliphatic heterocycles. The van der Waals surface area contributed by atoms with Crippen molar-refractivity contribution in [3.05, 3.63) is 169 Å². The Morgan fingerprint density at radius 1 is 0.462 bits per heavy atom. The highest BCUT2D eigenvalue weighted by Crippen LogP contribution is 2.37. The molecule has 1 aliphatic carbocycles. The fourth-order valence-electron chi connectivity index (χ4n) is 4.69. The van der Waals surface area contributed by atoms with Gasteiger partial charge in [-0.3, -0.25) is 0 Å². The third-order valence-electron chi connectivity index (χ3n) is 6.52. The molecule has 0 radical (unpaired) electrons. The van der Waals surface area contributed by atoms with Gasteiger partial charge in [0.25, 0.3) is 0 Å². The Morgan fingerprint density at radius 2 is 0.872 bits per heavy atom. The van der Waals surface area contributed by atoms with Gasteiger partial charge in [-0.15, -0.1) is 11.8 Å². The molecule has 0 bridgehead atoms. The van der Waals surface area contributed by atoms with E-state index >= 15 is 0 Å². The van der Waals surface area contributed by atoms with Crippen molar-refractivity contribution in [3.8, 4) is 0 Å². The number of benzene rings is 5. The fraction of sp³-hybridized carbons (Fsp3) is 0.0556. The van der Waals surface area contributed by atoms with Crippen LogP contribution in [-0.2, 0) is 21.8 Å². The molecule has 1 aliphatic rings. The van der Waals surface area contributed by atoms with Crippen LogP contribution in [0.3, 0.4) is 0 Å². The van der Waals surface area contributed by atoms with Gasteiger partial charge >= 0.3 is 0 Å². The van der Waals surface area contributed by atoms with Gasteiger partial charge in [0.2, 0.25) is 0 Å². The molecule has 1 atom stereocenters. The van der Waals surface area contributed by atoms with E-state index in [4.69, 9.17) is 0 Å². The van der Waals surface area contributed by atoms with Crippen LogP contribution >= 0.6 is 11.8 Å². The lowest BCUT2D eigenvalue weighted by Gasteiger charge is -2.16. The predicted molar refractivity (Wildman–Crippen MR) is 170 cm³/mol. The second-order valence-electron chi connectivity index (χ2n) is 9.19. The molecule has 0 spiro atoms. The summed E-state index contributed by atoms with van der Waals surface area (Å²) in [7, 11) is -0.186. The Bertz CT molecular complexity index is 1450. The SMILES string of the molecule is C1=CC(Sc2ccc([S+](c3ccccc3)c3ccccc3)cc2)CC=C1[S+](c1ccccc1)c1ccccc1. The van der Waals surface area contributed by atoms with Crippen LogP contribution in [0.25, 0.3) is 0 Å². The van der Waals surface area contributed by atoms with Crippen molar-refractivity contribution < 1.29 is 0 Å². The standard InChI is InChI=1S/C36H30S3/c1-5-13-31(14-6-1)38(32-15-7-2-8-16-32)35-25-21-29(22-26-35)37-30-23-27-36(28-24-30)39(33-17-9-3-10-18-33)34-19-11-4-12-20-34/h1-23,25-28,30H,24H2/q+2. The molecule has 0 saturated carbocycles. The van der Waals surface area contributed by atoms with E-state index in [0.29, 0.717) is 5.25 Å². The first kappa shape index (κ1) is 25.9. The summed E-state index contributed by atoms with van der Waals surface area (Å²) in [5.41, 5.74) is 0. The molecule has 190 valence electrons. The molecule has 0 nitrogen and oxygen atoms in total. The van der Waals surface area contributed by atoms with Crippen molar-refractivity contribution in [1.82, 2.24) is 0 Å². The van der Waals surface area contributed by atoms with E-state index in [1.54, 1.807) is 0 Å². The van der Waals surface area contributed by atoms with Gasteiger partial charge in [-0.1, -0.05) is 78.9 Å². The third kappa shape index (κ3) is 6.28. The monoisotopic (exact) mass is 558 g/mol. The van der Waals surface area contributed by atoms with Gasteiger partial charge in [0.05, 0.1) is 21.8 Å². The second-order valence-corrected chi connectivity index (χ2v) is 14.6. The van der Waals surface area contributed by atoms with Gasteiger partial charge in [0, 0.05) is 10.1 Å². The Morgan fingerprint density at radius 3 is 1.28 bits per heavy atom. The summed E-state index contributed by atoms with van der Waals surface area (Å²) in [4.78, 5) is 9.53. The van der Waals surface area contributed by atoms with E-state index in [-0.39, 0.29) is 21.8 Å². The Hall–Kier alpha value is -3.37. The quantitative estimate of drug-likeness (QED) is 0.171. The van der Waals surface area contributed by atoms with E-state index in [1.807, 2.05) is 11.8 Å². The van der Waals surface area contributed by atoms with Crippen LogP contribution in [0.2, 0.25) is 0 Å². The van der Waals surface area contributed by atoms with Gasteiger partial charge in [0.15, 0.2) is 29.4 Å². The van der Waals surface area contributed by atoms with Crippen LogP contribution < -0.4 is 0 Å². The summed E-state index contributed by atoms with van der Waals surface area (Å²) in [6.07, 6.45) is 8.26. The molecule has 0 amide bonds. The molecule has 5 aromatic rings. The predicted octanol–water partition coefficient (Wildman–Crippen LogP) is 9.82. The van der Waals surface area contributed by atoms with Gasteiger partial charge in [-0.2, -0.15) is 0 Å². The third-order valence-corrected chi connectivity index (χ3v) is 12.2. The van der Waals surface area contributed by atoms with Gasteiger partial charge in [0.1, 0.15) is 0 Å². The van der Waals surface area contributed by atoms with Crippen molar-refractivity contribution in [1.29, 1.82) is 0 Å². The Kier molecular flexibility index (Phi) is 8.40. The van der Waals surface area contributed by atoms with Gasteiger partial charge in [-0.05, 0) is 91.4 Å². The summed E-state index contributed by atoms with van der Waals surface area (Å²) in [6, 6.07) is 52.8. The maximum atomic E-state index is 2.46. The summed E-state index contributed by atoms with van der Waals surface area (Å²) in [5.74, 6) is 0. The minimum Gasteiger partial charge on any atom is -0.118 e. The van der Waals surface area contributed by atoms with Crippen LogP contribution in [-0.4, -0.2) is 5.25 Å². The maximum Gasteiger partial charge on any atom is 0.166 e. The van der Waals surface area contributed by atoms with E-state index in [9.17, 15) is 0 Å². The van der Waals surface area contributed by atoms with Crippen LogP contribution in [0.1, 0.15) is 6.42 Å². The average Bonchev–Trinajstić information content (AvgIpc) is 3.01. The first-order chi connectivity index (χ1) is 19.3. The molecule has 6 rings (SSSR count). The molecule has 0 heterocycles. The van der Waals surface area contributed by atoms with Crippen LogP contribution in [0.5, 0.6) is 0 Å². The number of allylic oxidation sites excluding steroid dienone is 2. The molecule has 5 aromatic carbocycles. The van der Waals surface area contributed by atoms with Crippen LogP contribution in [0.15, 0.2) is 198 Å². The normalized spacial score (nSPS) is 14.9. The highest BCUT2D eigenvalue weighted by Gasteiger charge is 2.31. The molecular formula is C36H30S3+2. The summed E-state index contributed by atoms with van der Waals surface area (Å²) >= 11 is 1.96. The molecule has 1 unspecified atom stereocenters. The topological polar surface area (TPSA) is 0 Å². The molecular weight excluding hydrogens is 529 g/mol. The average molecular weight is 559 g/mol. The van der Waals surface area contributed by atoms with Crippen molar-refractivity contribution in [2.75, 3.05) is 0 Å². The van der Waals surface area contributed by atoms with Crippen molar-refractivity contribution in [2.24, 2.45) is 0 Å². The molecule has 0 N–H and O–H groups in total. The first-order valence-electron chi connectivity index (χ1n) is 13.2. The van der Waals surface area contributed by atoms with Gasteiger partial charge in [-0.25, -0.2) is 0 Å². The zero-order chi connectivity index (χ0) is 26.3. The molecule has 0 saturated heterocycles. The van der Waals surface area contributed by atoms with E-state index in [0.717, 1.165) is 6.42 Å². The zero-order valence-corrected chi connectivity index (χ0v) is 24.0. The maximum absolute atomic E-state index is 2.46. The summed E-state index contributed by atoms with van der Waals surface area (Å²) in [6.45, 7) is 0. The lowest BCUT2D eigenvalue weighted by Crippen LogP contribution is -2.10. The van der Waals surface area contributed by atoms with E-state index in [1.165, 1.54) is 34.3 Å². The Balaban J connectivity index is 1.18. The number of hydrogen-bond donors (Lipinski definition) is 0. The highest BCUT2D eigenvalue weighted by molar-refractivity contribution is 8.01.